The molecule has 0 aliphatic carbocycles. The highest BCUT2D eigenvalue weighted by molar-refractivity contribution is 6.11. The molecule has 116 valence electrons. The second-order valence-electron chi connectivity index (χ2n) is 5.70. The van der Waals surface area contributed by atoms with Crippen LogP contribution in [0, 0.1) is 0 Å². The number of imide groups is 2. The molecule has 4 heteroatoms. The van der Waals surface area contributed by atoms with Gasteiger partial charge in [0, 0.05) is 13.1 Å². The quantitative estimate of drug-likeness (QED) is 0.483. The fourth-order valence-corrected chi connectivity index (χ4v) is 2.54. The van der Waals surface area contributed by atoms with Crippen LogP contribution >= 0.6 is 0 Å². The van der Waals surface area contributed by atoms with Gasteiger partial charge in [-0.2, -0.15) is 0 Å². The molecular formula is C16H30N2O2. The summed E-state index contributed by atoms with van der Waals surface area (Å²) in [5.41, 5.74) is 0. The third kappa shape index (κ3) is 5.14. The Bertz CT molecular complexity index is 263. The van der Waals surface area contributed by atoms with Crippen molar-refractivity contribution in [3.05, 3.63) is 0 Å². The van der Waals surface area contributed by atoms with Crippen molar-refractivity contribution in [1.29, 1.82) is 0 Å². The first-order valence-electron chi connectivity index (χ1n) is 8.35. The smallest absolute Gasteiger partial charge is 0.247 e. The number of rotatable bonds is 12. The average molecular weight is 282 g/mol. The Morgan fingerprint density at radius 3 is 1.30 bits per heavy atom. The van der Waals surface area contributed by atoms with Crippen molar-refractivity contribution in [3.8, 4) is 0 Å². The van der Waals surface area contributed by atoms with Gasteiger partial charge in [0.15, 0.2) is 0 Å². The second-order valence-corrected chi connectivity index (χ2v) is 5.70. The predicted molar refractivity (Wildman–Crippen MR) is 81.7 cm³/mol. The highest BCUT2D eigenvalue weighted by Gasteiger charge is 2.42. The molecule has 0 aromatic rings. The zero-order valence-corrected chi connectivity index (χ0v) is 13.2. The van der Waals surface area contributed by atoms with E-state index in [0.717, 1.165) is 25.7 Å². The molecule has 0 spiro atoms. The van der Waals surface area contributed by atoms with Crippen molar-refractivity contribution in [2.45, 2.75) is 78.1 Å². The van der Waals surface area contributed by atoms with Gasteiger partial charge < -0.3 is 0 Å². The summed E-state index contributed by atoms with van der Waals surface area (Å²) in [7, 11) is 0. The number of carbonyl (C=O) groups is 2. The number of amides is 4. The Kier molecular flexibility index (Phi) is 8.31. The first-order valence-corrected chi connectivity index (χ1v) is 8.35. The van der Waals surface area contributed by atoms with Crippen molar-refractivity contribution in [1.82, 2.24) is 9.80 Å². The molecule has 1 heterocycles. The minimum atomic E-state index is -0.0824. The lowest BCUT2D eigenvalue weighted by Crippen LogP contribution is -2.64. The Balaban J connectivity index is 2.09. The summed E-state index contributed by atoms with van der Waals surface area (Å²) in [6, 6.07) is -0.165. The molecule has 0 aromatic heterocycles. The van der Waals surface area contributed by atoms with Gasteiger partial charge >= 0.3 is 12.1 Å². The SMILES string of the molecule is CCCCCCCN1C(=O)N(CCCCCCC)C1=O. The normalized spacial score (nSPS) is 14.9. The standard InChI is InChI=1S/C16H30N2O2/c1-3-5-7-9-11-13-17-15(19)18(16(17)20)14-12-10-8-6-4-2/h3-14H2,1-2H3. The summed E-state index contributed by atoms with van der Waals surface area (Å²) in [4.78, 5) is 26.5. The number of hydrogen-bond acceptors (Lipinski definition) is 2. The van der Waals surface area contributed by atoms with Gasteiger partial charge in [0.2, 0.25) is 0 Å². The Morgan fingerprint density at radius 1 is 0.600 bits per heavy atom. The molecule has 20 heavy (non-hydrogen) atoms. The van der Waals surface area contributed by atoms with Crippen LogP contribution in [-0.4, -0.2) is 35.0 Å². The summed E-state index contributed by atoms with van der Waals surface area (Å²) in [5.74, 6) is 0. The molecule has 0 bridgehead atoms. The highest BCUT2D eigenvalue weighted by atomic mass is 16.2. The lowest BCUT2D eigenvalue weighted by Gasteiger charge is -2.39. The number of urea groups is 2. The summed E-state index contributed by atoms with van der Waals surface area (Å²) in [6.45, 7) is 5.57. The molecule has 1 saturated heterocycles. The van der Waals surface area contributed by atoms with E-state index >= 15 is 0 Å². The van der Waals surface area contributed by atoms with E-state index < -0.39 is 0 Å². The van der Waals surface area contributed by atoms with Crippen molar-refractivity contribution in [2.75, 3.05) is 13.1 Å². The summed E-state index contributed by atoms with van der Waals surface area (Å²) in [5, 5.41) is 0. The summed E-state index contributed by atoms with van der Waals surface area (Å²) < 4.78 is 0. The van der Waals surface area contributed by atoms with E-state index in [1.165, 1.54) is 48.3 Å². The predicted octanol–water partition coefficient (Wildman–Crippen LogP) is 4.78. The van der Waals surface area contributed by atoms with Crippen LogP contribution in [0.5, 0.6) is 0 Å². The molecule has 4 nitrogen and oxygen atoms in total. The molecule has 0 atom stereocenters. The molecule has 0 aromatic carbocycles. The van der Waals surface area contributed by atoms with E-state index in [-0.39, 0.29) is 12.1 Å². The van der Waals surface area contributed by atoms with Crippen LogP contribution in [0.15, 0.2) is 0 Å². The summed E-state index contributed by atoms with van der Waals surface area (Å²) in [6.07, 6.45) is 11.4. The van der Waals surface area contributed by atoms with E-state index in [1.807, 2.05) is 0 Å². The largest absolute Gasteiger partial charge is 0.336 e. The number of nitrogens with zero attached hydrogens (tertiary/aromatic N) is 2. The molecule has 0 radical (unpaired) electrons. The molecule has 0 saturated carbocycles. The number of unbranched alkanes of at least 4 members (excludes halogenated alkanes) is 8. The third-order valence-electron chi connectivity index (χ3n) is 3.89. The van der Waals surface area contributed by atoms with Crippen LogP contribution in [-0.2, 0) is 0 Å². The minimum Gasteiger partial charge on any atom is -0.247 e. The highest BCUT2D eigenvalue weighted by Crippen LogP contribution is 2.18. The lowest BCUT2D eigenvalue weighted by atomic mass is 10.1. The van der Waals surface area contributed by atoms with Gasteiger partial charge in [-0.1, -0.05) is 65.2 Å². The molecule has 1 fully saturated rings. The Morgan fingerprint density at radius 2 is 0.950 bits per heavy atom. The van der Waals surface area contributed by atoms with Crippen LogP contribution in [0.2, 0.25) is 0 Å². The van der Waals surface area contributed by atoms with E-state index in [2.05, 4.69) is 13.8 Å². The van der Waals surface area contributed by atoms with Gasteiger partial charge in [0.1, 0.15) is 0 Å². The van der Waals surface area contributed by atoms with Crippen LogP contribution in [0.3, 0.4) is 0 Å². The number of hydrogen-bond donors (Lipinski definition) is 0. The average Bonchev–Trinajstić information content (AvgIpc) is 2.46. The molecule has 1 aliphatic heterocycles. The zero-order chi connectivity index (χ0) is 14.8. The molecule has 1 rings (SSSR count). The van der Waals surface area contributed by atoms with E-state index in [9.17, 15) is 9.59 Å². The van der Waals surface area contributed by atoms with E-state index in [0.29, 0.717) is 13.1 Å². The van der Waals surface area contributed by atoms with E-state index in [4.69, 9.17) is 0 Å². The van der Waals surface area contributed by atoms with Gasteiger partial charge in [0.25, 0.3) is 0 Å². The topological polar surface area (TPSA) is 40.6 Å². The lowest BCUT2D eigenvalue weighted by molar-refractivity contribution is 0.104. The van der Waals surface area contributed by atoms with Crippen molar-refractivity contribution in [3.63, 3.8) is 0 Å². The summed E-state index contributed by atoms with van der Waals surface area (Å²) >= 11 is 0. The Labute approximate surface area is 123 Å². The van der Waals surface area contributed by atoms with Gasteiger partial charge in [-0.05, 0) is 12.8 Å². The zero-order valence-electron chi connectivity index (χ0n) is 13.2. The van der Waals surface area contributed by atoms with Crippen LogP contribution in [0.1, 0.15) is 78.1 Å². The molecule has 0 unspecified atom stereocenters. The fourth-order valence-electron chi connectivity index (χ4n) is 2.54. The molecule has 4 amide bonds. The van der Waals surface area contributed by atoms with Crippen LogP contribution in [0.4, 0.5) is 9.59 Å². The van der Waals surface area contributed by atoms with E-state index in [1.54, 1.807) is 0 Å². The van der Waals surface area contributed by atoms with Gasteiger partial charge in [-0.3, -0.25) is 0 Å². The molecular weight excluding hydrogens is 252 g/mol. The molecule has 1 aliphatic rings. The van der Waals surface area contributed by atoms with Gasteiger partial charge in [0.05, 0.1) is 0 Å². The van der Waals surface area contributed by atoms with Crippen molar-refractivity contribution < 1.29 is 9.59 Å². The second kappa shape index (κ2) is 9.78. The van der Waals surface area contributed by atoms with Crippen LogP contribution < -0.4 is 0 Å². The number of carbonyl (C=O) groups excluding carboxylic acids is 2. The van der Waals surface area contributed by atoms with Gasteiger partial charge in [-0.25, -0.2) is 19.4 Å². The molecule has 0 N–H and O–H groups in total. The monoisotopic (exact) mass is 282 g/mol. The maximum absolute atomic E-state index is 11.8. The first kappa shape index (κ1) is 17.0. The van der Waals surface area contributed by atoms with Crippen molar-refractivity contribution >= 4 is 12.1 Å². The maximum atomic E-state index is 11.8. The van der Waals surface area contributed by atoms with Gasteiger partial charge in [-0.15, -0.1) is 0 Å². The first-order chi connectivity index (χ1) is 9.72. The maximum Gasteiger partial charge on any atom is 0.336 e. The minimum absolute atomic E-state index is 0.0824. The van der Waals surface area contributed by atoms with Crippen molar-refractivity contribution in [2.24, 2.45) is 0 Å². The third-order valence-corrected chi connectivity index (χ3v) is 3.89. The van der Waals surface area contributed by atoms with Crippen LogP contribution in [0.25, 0.3) is 0 Å². The Hall–Kier alpha value is -1.06. The fraction of sp³-hybridized carbons (Fsp3) is 0.875.